The van der Waals surface area contributed by atoms with Gasteiger partial charge in [-0.15, -0.1) is 0 Å². The third-order valence-corrected chi connectivity index (χ3v) is 2.66. The molecule has 0 radical (unpaired) electrons. The van der Waals surface area contributed by atoms with Gasteiger partial charge in [0.25, 0.3) is 0 Å². The van der Waals surface area contributed by atoms with Crippen LogP contribution < -0.4 is 4.74 Å². The topological polar surface area (TPSA) is 39.2 Å². The summed E-state index contributed by atoms with van der Waals surface area (Å²) < 4.78 is 5.52. The molecule has 0 aliphatic rings. The summed E-state index contributed by atoms with van der Waals surface area (Å²) in [4.78, 5) is 16.4. The maximum atomic E-state index is 12.4. The standard InChI is InChI=1S/C16H15NO2/c1-3-9-19-15-7-6-12(2)10-14(15)16(18)13-5-4-8-17-11-13/h3-8,10-11H,1,9H2,2H3. The van der Waals surface area contributed by atoms with Crippen LogP contribution in [0.5, 0.6) is 5.75 Å². The summed E-state index contributed by atoms with van der Waals surface area (Å²) in [5, 5.41) is 0. The maximum absolute atomic E-state index is 12.4. The third-order valence-electron chi connectivity index (χ3n) is 2.66. The van der Waals surface area contributed by atoms with Crippen molar-refractivity contribution in [3.63, 3.8) is 0 Å². The highest BCUT2D eigenvalue weighted by Gasteiger charge is 2.14. The molecule has 0 unspecified atom stereocenters. The minimum atomic E-state index is -0.0872. The second-order valence-corrected chi connectivity index (χ2v) is 4.17. The highest BCUT2D eigenvalue weighted by Crippen LogP contribution is 2.23. The molecule has 0 saturated carbocycles. The largest absolute Gasteiger partial charge is 0.489 e. The van der Waals surface area contributed by atoms with E-state index in [1.807, 2.05) is 25.1 Å². The van der Waals surface area contributed by atoms with Gasteiger partial charge >= 0.3 is 0 Å². The average Bonchev–Trinajstić information content (AvgIpc) is 2.46. The molecule has 0 fully saturated rings. The van der Waals surface area contributed by atoms with Crippen LogP contribution in [0.4, 0.5) is 0 Å². The Labute approximate surface area is 112 Å². The quantitative estimate of drug-likeness (QED) is 0.607. The minimum absolute atomic E-state index is 0.0872. The van der Waals surface area contributed by atoms with E-state index in [1.165, 1.54) is 0 Å². The van der Waals surface area contributed by atoms with Crippen molar-refractivity contribution >= 4 is 5.78 Å². The lowest BCUT2D eigenvalue weighted by Crippen LogP contribution is -2.06. The number of carbonyl (C=O) groups excluding carboxylic acids is 1. The summed E-state index contributed by atoms with van der Waals surface area (Å²) in [5.74, 6) is 0.482. The Bertz CT molecular complexity index is 591. The number of benzene rings is 1. The van der Waals surface area contributed by atoms with Gasteiger partial charge < -0.3 is 4.74 Å². The molecule has 2 aromatic rings. The molecule has 0 N–H and O–H groups in total. The van der Waals surface area contributed by atoms with Crippen LogP contribution in [0.3, 0.4) is 0 Å². The van der Waals surface area contributed by atoms with Gasteiger partial charge in [-0.3, -0.25) is 9.78 Å². The number of ketones is 1. The Hall–Kier alpha value is -2.42. The van der Waals surface area contributed by atoms with Gasteiger partial charge in [0.1, 0.15) is 12.4 Å². The number of aryl methyl sites for hydroxylation is 1. The van der Waals surface area contributed by atoms with E-state index in [4.69, 9.17) is 4.74 Å². The molecule has 0 aliphatic carbocycles. The fraction of sp³-hybridized carbons (Fsp3) is 0.125. The van der Waals surface area contributed by atoms with Crippen LogP contribution in [0.15, 0.2) is 55.4 Å². The molecule has 0 bridgehead atoms. The van der Waals surface area contributed by atoms with Crippen molar-refractivity contribution in [1.82, 2.24) is 4.98 Å². The fourth-order valence-electron chi connectivity index (χ4n) is 1.75. The smallest absolute Gasteiger partial charge is 0.198 e. The molecule has 1 aromatic carbocycles. The lowest BCUT2D eigenvalue weighted by Gasteiger charge is -2.10. The van der Waals surface area contributed by atoms with E-state index in [2.05, 4.69) is 11.6 Å². The Morgan fingerprint density at radius 1 is 1.42 bits per heavy atom. The van der Waals surface area contributed by atoms with Crippen molar-refractivity contribution in [3.05, 3.63) is 72.1 Å². The molecule has 0 saturated heterocycles. The number of ether oxygens (including phenoxy) is 1. The zero-order valence-corrected chi connectivity index (χ0v) is 10.8. The maximum Gasteiger partial charge on any atom is 0.198 e. The number of nitrogens with zero attached hydrogens (tertiary/aromatic N) is 1. The molecule has 0 atom stereocenters. The van der Waals surface area contributed by atoms with Gasteiger partial charge in [-0.2, -0.15) is 0 Å². The summed E-state index contributed by atoms with van der Waals surface area (Å²) >= 11 is 0. The summed E-state index contributed by atoms with van der Waals surface area (Å²) in [7, 11) is 0. The van der Waals surface area contributed by atoms with Crippen molar-refractivity contribution < 1.29 is 9.53 Å². The van der Waals surface area contributed by atoms with E-state index >= 15 is 0 Å². The first-order valence-electron chi connectivity index (χ1n) is 6.01. The van der Waals surface area contributed by atoms with Crippen LogP contribution >= 0.6 is 0 Å². The predicted octanol–water partition coefficient (Wildman–Crippen LogP) is 3.19. The van der Waals surface area contributed by atoms with Crippen molar-refractivity contribution in [1.29, 1.82) is 0 Å². The molecule has 2 rings (SSSR count). The average molecular weight is 253 g/mol. The summed E-state index contributed by atoms with van der Waals surface area (Å²) in [5.41, 5.74) is 2.12. The summed E-state index contributed by atoms with van der Waals surface area (Å²) in [6.07, 6.45) is 4.85. The summed E-state index contributed by atoms with van der Waals surface area (Å²) in [6, 6.07) is 9.04. The van der Waals surface area contributed by atoms with Crippen molar-refractivity contribution in [2.45, 2.75) is 6.92 Å². The summed E-state index contributed by atoms with van der Waals surface area (Å²) in [6.45, 7) is 5.92. The van der Waals surface area contributed by atoms with Crippen LogP contribution in [0.1, 0.15) is 21.5 Å². The molecule has 1 heterocycles. The zero-order valence-electron chi connectivity index (χ0n) is 10.8. The van der Waals surface area contributed by atoms with Gasteiger partial charge in [-0.05, 0) is 31.2 Å². The number of rotatable bonds is 5. The molecule has 0 amide bonds. The lowest BCUT2D eigenvalue weighted by molar-refractivity contribution is 0.103. The van der Waals surface area contributed by atoms with Crippen molar-refractivity contribution in [2.24, 2.45) is 0 Å². The van der Waals surface area contributed by atoms with Gasteiger partial charge in [0.2, 0.25) is 0 Å². The van der Waals surface area contributed by atoms with Crippen LogP contribution in [-0.4, -0.2) is 17.4 Å². The number of hydrogen-bond donors (Lipinski definition) is 0. The lowest BCUT2D eigenvalue weighted by atomic mass is 10.0. The second kappa shape index (κ2) is 5.96. The van der Waals surface area contributed by atoms with Crippen molar-refractivity contribution in [3.8, 4) is 5.75 Å². The van der Waals surface area contributed by atoms with Gasteiger partial charge in [0.05, 0.1) is 5.56 Å². The molecule has 19 heavy (non-hydrogen) atoms. The third kappa shape index (κ3) is 3.07. The normalized spacial score (nSPS) is 9.95. The molecule has 0 aliphatic heterocycles. The SMILES string of the molecule is C=CCOc1ccc(C)cc1C(=O)c1cccnc1. The van der Waals surface area contributed by atoms with Gasteiger partial charge in [-0.25, -0.2) is 0 Å². The van der Waals surface area contributed by atoms with Crippen molar-refractivity contribution in [2.75, 3.05) is 6.61 Å². The monoisotopic (exact) mass is 253 g/mol. The van der Waals surface area contributed by atoms with E-state index in [9.17, 15) is 4.79 Å². The first-order chi connectivity index (χ1) is 9.22. The van der Waals surface area contributed by atoms with Crippen LogP contribution in [-0.2, 0) is 0 Å². The molecule has 96 valence electrons. The number of pyridine rings is 1. The highest BCUT2D eigenvalue weighted by atomic mass is 16.5. The number of carbonyl (C=O) groups is 1. The van der Waals surface area contributed by atoms with Crippen LogP contribution in [0, 0.1) is 6.92 Å². The number of aromatic nitrogens is 1. The zero-order chi connectivity index (χ0) is 13.7. The second-order valence-electron chi connectivity index (χ2n) is 4.17. The molecule has 1 aromatic heterocycles. The Morgan fingerprint density at radius 3 is 2.95 bits per heavy atom. The fourth-order valence-corrected chi connectivity index (χ4v) is 1.75. The van der Waals surface area contributed by atoms with Gasteiger partial charge in [0.15, 0.2) is 5.78 Å². The van der Waals surface area contributed by atoms with Gasteiger partial charge in [-0.1, -0.05) is 24.3 Å². The first-order valence-corrected chi connectivity index (χ1v) is 6.01. The van der Waals surface area contributed by atoms with E-state index in [1.54, 1.807) is 30.6 Å². The van der Waals surface area contributed by atoms with E-state index in [0.29, 0.717) is 23.5 Å². The van der Waals surface area contributed by atoms with Crippen LogP contribution in [0.2, 0.25) is 0 Å². The van der Waals surface area contributed by atoms with E-state index in [0.717, 1.165) is 5.56 Å². The van der Waals surface area contributed by atoms with E-state index in [-0.39, 0.29) is 5.78 Å². The Balaban J connectivity index is 2.39. The molecule has 3 nitrogen and oxygen atoms in total. The van der Waals surface area contributed by atoms with Crippen LogP contribution in [0.25, 0.3) is 0 Å². The predicted molar refractivity (Wildman–Crippen MR) is 74.5 cm³/mol. The molecule has 0 spiro atoms. The molecular formula is C16H15NO2. The minimum Gasteiger partial charge on any atom is -0.489 e. The Kier molecular flexibility index (Phi) is 4.08. The van der Waals surface area contributed by atoms with E-state index < -0.39 is 0 Å². The number of hydrogen-bond acceptors (Lipinski definition) is 3. The molecule has 3 heteroatoms. The first kappa shape index (κ1) is 13.0. The molecular weight excluding hydrogens is 238 g/mol. The highest BCUT2D eigenvalue weighted by molar-refractivity contribution is 6.10. The Morgan fingerprint density at radius 2 is 2.26 bits per heavy atom. The van der Waals surface area contributed by atoms with Gasteiger partial charge in [0, 0.05) is 18.0 Å².